The fraction of sp³-hybridized carbons (Fsp3) is 0.192. The van der Waals surface area contributed by atoms with Crippen molar-refractivity contribution in [1.29, 1.82) is 0 Å². The van der Waals surface area contributed by atoms with Gasteiger partial charge in [0.2, 0.25) is 5.91 Å². The van der Waals surface area contributed by atoms with Crippen LogP contribution in [-0.4, -0.2) is 45.1 Å². The number of ether oxygens (including phenoxy) is 3. The molecule has 0 aromatic heterocycles. The van der Waals surface area contributed by atoms with Crippen LogP contribution in [-0.2, 0) is 16.1 Å². The van der Waals surface area contributed by atoms with Crippen LogP contribution in [0.1, 0.15) is 15.9 Å². The summed E-state index contributed by atoms with van der Waals surface area (Å²) in [6.07, 6.45) is 0. The van der Waals surface area contributed by atoms with Gasteiger partial charge >= 0.3 is 0 Å². The summed E-state index contributed by atoms with van der Waals surface area (Å²) < 4.78 is 16.1. The lowest BCUT2D eigenvalue weighted by Gasteiger charge is -2.13. The van der Waals surface area contributed by atoms with Crippen molar-refractivity contribution in [2.45, 2.75) is 6.54 Å². The second-order valence-corrected chi connectivity index (χ2v) is 7.35. The molecular formula is C26H27N3O6. The largest absolute Gasteiger partial charge is 0.495 e. The molecule has 0 radical (unpaired) electrons. The summed E-state index contributed by atoms with van der Waals surface area (Å²) in [6.45, 7) is -0.0725. The van der Waals surface area contributed by atoms with Gasteiger partial charge in [-0.3, -0.25) is 14.4 Å². The number of nitrogens with one attached hydrogen (secondary N) is 3. The van der Waals surface area contributed by atoms with Crippen LogP contribution >= 0.6 is 0 Å². The molecule has 0 unspecified atom stereocenters. The van der Waals surface area contributed by atoms with E-state index in [-0.39, 0.29) is 36.3 Å². The van der Waals surface area contributed by atoms with Crippen molar-refractivity contribution in [2.75, 3.05) is 32.7 Å². The summed E-state index contributed by atoms with van der Waals surface area (Å²) in [5.41, 5.74) is 1.77. The van der Waals surface area contributed by atoms with Gasteiger partial charge < -0.3 is 30.2 Å². The molecule has 0 heterocycles. The molecule has 0 aliphatic carbocycles. The molecule has 0 fully saturated rings. The molecule has 182 valence electrons. The SMILES string of the molecule is COc1ccccc1NC(=O)COc1ccc(C(=O)NCC(=O)NCc2ccccc2)cc1OC. The molecule has 0 aliphatic rings. The standard InChI is InChI=1S/C26H27N3O6/c1-33-21-11-7-6-10-20(21)29-25(31)17-35-22-13-12-19(14-23(22)34-2)26(32)28-16-24(30)27-15-18-8-4-3-5-9-18/h3-14H,15-17H2,1-2H3,(H,27,30)(H,28,32)(H,29,31). The van der Waals surface area contributed by atoms with Gasteiger partial charge in [0.05, 0.1) is 26.5 Å². The lowest BCUT2D eigenvalue weighted by atomic mass is 10.2. The van der Waals surface area contributed by atoms with Crippen LogP contribution in [0.4, 0.5) is 5.69 Å². The number of carbonyl (C=O) groups is 3. The van der Waals surface area contributed by atoms with E-state index in [0.29, 0.717) is 23.7 Å². The van der Waals surface area contributed by atoms with E-state index in [9.17, 15) is 14.4 Å². The third kappa shape index (κ3) is 7.50. The van der Waals surface area contributed by atoms with Crippen molar-refractivity contribution >= 4 is 23.4 Å². The van der Waals surface area contributed by atoms with Gasteiger partial charge in [0.25, 0.3) is 11.8 Å². The Labute approximate surface area is 203 Å². The van der Waals surface area contributed by atoms with Gasteiger partial charge in [0.1, 0.15) is 5.75 Å². The first-order chi connectivity index (χ1) is 17.0. The van der Waals surface area contributed by atoms with Gasteiger partial charge in [0, 0.05) is 12.1 Å². The molecule has 0 saturated carbocycles. The Kier molecular flexibility index (Phi) is 9.07. The van der Waals surface area contributed by atoms with Crippen LogP contribution in [0.2, 0.25) is 0 Å². The Balaban J connectivity index is 1.50. The van der Waals surface area contributed by atoms with Crippen molar-refractivity contribution < 1.29 is 28.6 Å². The molecule has 0 atom stereocenters. The molecule has 9 nitrogen and oxygen atoms in total. The zero-order valence-corrected chi connectivity index (χ0v) is 19.5. The minimum absolute atomic E-state index is 0.171. The number of para-hydroxylation sites is 2. The van der Waals surface area contributed by atoms with E-state index in [4.69, 9.17) is 14.2 Å². The highest BCUT2D eigenvalue weighted by molar-refractivity contribution is 5.97. The summed E-state index contributed by atoms with van der Waals surface area (Å²) in [7, 11) is 2.94. The zero-order valence-electron chi connectivity index (χ0n) is 19.5. The first kappa shape index (κ1) is 25.1. The normalized spacial score (nSPS) is 10.1. The van der Waals surface area contributed by atoms with Crippen LogP contribution in [0, 0.1) is 0 Å². The lowest BCUT2D eigenvalue weighted by molar-refractivity contribution is -0.120. The van der Waals surface area contributed by atoms with Crippen molar-refractivity contribution in [3.63, 3.8) is 0 Å². The van der Waals surface area contributed by atoms with Crippen molar-refractivity contribution in [3.8, 4) is 17.2 Å². The van der Waals surface area contributed by atoms with Gasteiger partial charge in [-0.05, 0) is 35.9 Å². The van der Waals surface area contributed by atoms with Crippen molar-refractivity contribution in [3.05, 3.63) is 83.9 Å². The third-order valence-electron chi connectivity index (χ3n) is 4.91. The van der Waals surface area contributed by atoms with Gasteiger partial charge in [-0.1, -0.05) is 42.5 Å². The highest BCUT2D eigenvalue weighted by atomic mass is 16.5. The number of amides is 3. The van der Waals surface area contributed by atoms with E-state index in [2.05, 4.69) is 16.0 Å². The van der Waals surface area contributed by atoms with Gasteiger partial charge in [0.15, 0.2) is 18.1 Å². The molecule has 3 N–H and O–H groups in total. The summed E-state index contributed by atoms with van der Waals surface area (Å²) >= 11 is 0. The number of carbonyl (C=O) groups excluding carboxylic acids is 3. The minimum Gasteiger partial charge on any atom is -0.495 e. The molecule has 0 aliphatic heterocycles. The van der Waals surface area contributed by atoms with Gasteiger partial charge in [-0.25, -0.2) is 0 Å². The number of hydrogen-bond donors (Lipinski definition) is 3. The molecule has 3 aromatic rings. The Morgan fingerprint density at radius 3 is 2.20 bits per heavy atom. The van der Waals surface area contributed by atoms with Gasteiger partial charge in [-0.2, -0.15) is 0 Å². The van der Waals surface area contributed by atoms with E-state index >= 15 is 0 Å². The van der Waals surface area contributed by atoms with Crippen LogP contribution in [0.5, 0.6) is 17.2 Å². The zero-order chi connectivity index (χ0) is 25.0. The average molecular weight is 478 g/mol. The van der Waals surface area contributed by atoms with E-state index < -0.39 is 5.91 Å². The number of methoxy groups -OCH3 is 2. The minimum atomic E-state index is -0.446. The van der Waals surface area contributed by atoms with Crippen LogP contribution in [0.25, 0.3) is 0 Å². The quantitative estimate of drug-likeness (QED) is 0.391. The summed E-state index contributed by atoms with van der Waals surface area (Å²) in [6, 6.07) is 21.0. The molecule has 35 heavy (non-hydrogen) atoms. The topological polar surface area (TPSA) is 115 Å². The van der Waals surface area contributed by atoms with E-state index in [1.54, 1.807) is 24.3 Å². The number of anilines is 1. The fourth-order valence-electron chi connectivity index (χ4n) is 3.13. The predicted octanol–water partition coefficient (Wildman–Crippen LogP) is 2.77. The Morgan fingerprint density at radius 2 is 1.46 bits per heavy atom. The van der Waals surface area contributed by atoms with Crippen LogP contribution < -0.4 is 30.2 Å². The number of benzene rings is 3. The summed E-state index contributed by atoms with van der Waals surface area (Å²) in [4.78, 5) is 36.8. The Morgan fingerprint density at radius 1 is 0.743 bits per heavy atom. The van der Waals surface area contributed by atoms with Gasteiger partial charge in [-0.15, -0.1) is 0 Å². The average Bonchev–Trinajstić information content (AvgIpc) is 2.90. The molecule has 3 rings (SSSR count). The second kappa shape index (κ2) is 12.6. The third-order valence-corrected chi connectivity index (χ3v) is 4.91. The summed E-state index contributed by atoms with van der Waals surface area (Å²) in [5.74, 6) is -0.0488. The second-order valence-electron chi connectivity index (χ2n) is 7.35. The maximum atomic E-state index is 12.5. The monoisotopic (exact) mass is 477 g/mol. The molecule has 0 spiro atoms. The first-order valence-electron chi connectivity index (χ1n) is 10.8. The molecule has 9 heteroatoms. The molecule has 0 bridgehead atoms. The lowest BCUT2D eigenvalue weighted by Crippen LogP contribution is -2.36. The summed E-state index contributed by atoms with van der Waals surface area (Å²) in [5, 5.41) is 8.03. The van der Waals surface area contributed by atoms with Crippen molar-refractivity contribution in [2.24, 2.45) is 0 Å². The molecular weight excluding hydrogens is 450 g/mol. The molecule has 0 saturated heterocycles. The highest BCUT2D eigenvalue weighted by Gasteiger charge is 2.14. The van der Waals surface area contributed by atoms with E-state index in [1.165, 1.54) is 32.4 Å². The fourth-order valence-corrected chi connectivity index (χ4v) is 3.13. The Hall–Kier alpha value is -4.53. The number of hydrogen-bond acceptors (Lipinski definition) is 6. The van der Waals surface area contributed by atoms with E-state index in [1.807, 2.05) is 30.3 Å². The maximum absolute atomic E-state index is 12.5. The number of rotatable bonds is 11. The molecule has 3 aromatic carbocycles. The Bertz CT molecular complexity index is 1170. The molecule has 3 amide bonds. The van der Waals surface area contributed by atoms with Crippen LogP contribution in [0.3, 0.4) is 0 Å². The first-order valence-corrected chi connectivity index (χ1v) is 10.8. The smallest absolute Gasteiger partial charge is 0.262 e. The maximum Gasteiger partial charge on any atom is 0.262 e. The van der Waals surface area contributed by atoms with Crippen LogP contribution in [0.15, 0.2) is 72.8 Å². The van der Waals surface area contributed by atoms with Crippen molar-refractivity contribution in [1.82, 2.24) is 10.6 Å². The van der Waals surface area contributed by atoms with E-state index in [0.717, 1.165) is 5.56 Å². The highest BCUT2D eigenvalue weighted by Crippen LogP contribution is 2.28. The predicted molar refractivity (Wildman–Crippen MR) is 131 cm³/mol.